The molecule has 16 heavy (non-hydrogen) atoms. The van der Waals surface area contributed by atoms with E-state index in [1.165, 1.54) is 5.56 Å². The monoisotopic (exact) mass is 238 g/mol. The molecule has 0 amide bonds. The second-order valence-corrected chi connectivity index (χ2v) is 4.79. The van der Waals surface area contributed by atoms with Gasteiger partial charge in [-0.3, -0.25) is 4.79 Å². The molecule has 0 heterocycles. The molecular weight excluding hydrogens is 220 g/mol. The lowest BCUT2D eigenvalue weighted by Gasteiger charge is -2.02. The van der Waals surface area contributed by atoms with Crippen molar-refractivity contribution in [3.8, 4) is 0 Å². The van der Waals surface area contributed by atoms with Gasteiger partial charge in [-0.25, -0.2) is 0 Å². The molecule has 0 spiro atoms. The van der Waals surface area contributed by atoms with Crippen molar-refractivity contribution in [3.63, 3.8) is 0 Å². The molecule has 0 bridgehead atoms. The Morgan fingerprint density at radius 2 is 2.00 bits per heavy atom. The fourth-order valence-electron chi connectivity index (χ4n) is 1.28. The summed E-state index contributed by atoms with van der Waals surface area (Å²) in [5.74, 6) is 0.856. The smallest absolute Gasteiger partial charge is 0.143 e. The SMILES string of the molecule is COCCCC(=O)CSc1ccc(C)cc1. The maximum Gasteiger partial charge on any atom is 0.143 e. The molecule has 0 saturated carbocycles. The van der Waals surface area contributed by atoms with E-state index in [9.17, 15) is 4.79 Å². The van der Waals surface area contributed by atoms with E-state index < -0.39 is 0 Å². The number of Topliss-reactive ketones (excluding diaryl/α,β-unsaturated/α-hetero) is 1. The maximum absolute atomic E-state index is 11.5. The van der Waals surface area contributed by atoms with Gasteiger partial charge in [-0.1, -0.05) is 17.7 Å². The molecule has 0 saturated heterocycles. The summed E-state index contributed by atoms with van der Waals surface area (Å²) < 4.78 is 4.91. The fourth-order valence-corrected chi connectivity index (χ4v) is 2.08. The van der Waals surface area contributed by atoms with Gasteiger partial charge in [0.1, 0.15) is 5.78 Å². The summed E-state index contributed by atoms with van der Waals surface area (Å²) in [6, 6.07) is 8.25. The van der Waals surface area contributed by atoms with E-state index in [-0.39, 0.29) is 0 Å². The first-order valence-corrected chi connectivity index (χ1v) is 6.41. The number of aryl methyl sites for hydroxylation is 1. The Bertz CT molecular complexity index is 319. The highest BCUT2D eigenvalue weighted by Gasteiger charge is 2.02. The van der Waals surface area contributed by atoms with Crippen LogP contribution in [0.2, 0.25) is 0 Å². The second-order valence-electron chi connectivity index (χ2n) is 3.74. The zero-order valence-corrected chi connectivity index (χ0v) is 10.7. The third-order valence-corrected chi connectivity index (χ3v) is 3.30. The summed E-state index contributed by atoms with van der Waals surface area (Å²) in [5.41, 5.74) is 1.25. The fraction of sp³-hybridized carbons (Fsp3) is 0.462. The number of ether oxygens (including phenoxy) is 1. The van der Waals surface area contributed by atoms with Crippen LogP contribution in [0.4, 0.5) is 0 Å². The first-order valence-electron chi connectivity index (χ1n) is 5.42. The Morgan fingerprint density at radius 3 is 2.62 bits per heavy atom. The maximum atomic E-state index is 11.5. The van der Waals surface area contributed by atoms with Crippen molar-refractivity contribution in [3.05, 3.63) is 29.8 Å². The molecule has 0 unspecified atom stereocenters. The minimum absolute atomic E-state index is 0.294. The normalized spacial score (nSPS) is 10.4. The molecule has 88 valence electrons. The minimum atomic E-state index is 0.294. The highest BCUT2D eigenvalue weighted by Crippen LogP contribution is 2.18. The summed E-state index contributed by atoms with van der Waals surface area (Å²) in [6.07, 6.45) is 1.44. The number of hydrogen-bond donors (Lipinski definition) is 0. The molecule has 0 fully saturated rings. The highest BCUT2D eigenvalue weighted by molar-refractivity contribution is 8.00. The van der Waals surface area contributed by atoms with Crippen LogP contribution in [-0.4, -0.2) is 25.3 Å². The van der Waals surface area contributed by atoms with Crippen molar-refractivity contribution in [1.82, 2.24) is 0 Å². The molecule has 2 nitrogen and oxygen atoms in total. The highest BCUT2D eigenvalue weighted by atomic mass is 32.2. The molecule has 0 radical (unpaired) electrons. The second kappa shape index (κ2) is 7.47. The van der Waals surface area contributed by atoms with Crippen LogP contribution >= 0.6 is 11.8 Å². The summed E-state index contributed by atoms with van der Waals surface area (Å²) in [5, 5.41) is 0. The van der Waals surface area contributed by atoms with Crippen LogP contribution in [0.1, 0.15) is 18.4 Å². The molecule has 1 aromatic rings. The number of methoxy groups -OCH3 is 1. The van der Waals surface area contributed by atoms with Gasteiger partial charge in [0.15, 0.2) is 0 Å². The average Bonchev–Trinajstić information content (AvgIpc) is 2.29. The first-order chi connectivity index (χ1) is 7.72. The molecule has 3 heteroatoms. The van der Waals surface area contributed by atoms with Gasteiger partial charge in [0.25, 0.3) is 0 Å². The third kappa shape index (κ3) is 5.33. The number of carbonyl (C=O) groups is 1. The lowest BCUT2D eigenvalue weighted by Crippen LogP contribution is -2.03. The van der Waals surface area contributed by atoms with Crippen molar-refractivity contribution >= 4 is 17.5 Å². The molecule has 0 aliphatic heterocycles. The predicted octanol–water partition coefficient (Wildman–Crippen LogP) is 3.08. The predicted molar refractivity (Wildman–Crippen MR) is 68.0 cm³/mol. The zero-order chi connectivity index (χ0) is 11.8. The molecule has 0 aliphatic carbocycles. The van der Waals surface area contributed by atoms with Gasteiger partial charge in [0.2, 0.25) is 0 Å². The summed E-state index contributed by atoms with van der Waals surface area (Å²) in [6.45, 7) is 2.73. The van der Waals surface area contributed by atoms with Crippen LogP contribution in [0.15, 0.2) is 29.2 Å². The Kier molecular flexibility index (Phi) is 6.19. The van der Waals surface area contributed by atoms with E-state index in [1.54, 1.807) is 18.9 Å². The van der Waals surface area contributed by atoms with Crippen LogP contribution < -0.4 is 0 Å². The summed E-state index contributed by atoms with van der Waals surface area (Å²) in [7, 11) is 1.66. The molecule has 0 aromatic heterocycles. The number of thioether (sulfide) groups is 1. The van der Waals surface area contributed by atoms with E-state index in [1.807, 2.05) is 0 Å². The van der Waals surface area contributed by atoms with Gasteiger partial charge in [0.05, 0.1) is 5.75 Å². The molecule has 0 aliphatic rings. The van der Waals surface area contributed by atoms with Crippen LogP contribution in [0, 0.1) is 6.92 Å². The topological polar surface area (TPSA) is 26.3 Å². The minimum Gasteiger partial charge on any atom is -0.385 e. The van der Waals surface area contributed by atoms with Gasteiger partial charge in [-0.2, -0.15) is 0 Å². The van der Waals surface area contributed by atoms with Crippen molar-refractivity contribution in [2.75, 3.05) is 19.5 Å². The largest absolute Gasteiger partial charge is 0.385 e. The van der Waals surface area contributed by atoms with Crippen molar-refractivity contribution in [2.24, 2.45) is 0 Å². The lowest BCUT2D eigenvalue weighted by molar-refractivity contribution is -0.116. The van der Waals surface area contributed by atoms with E-state index >= 15 is 0 Å². The molecular formula is C13H18O2S. The van der Waals surface area contributed by atoms with Crippen molar-refractivity contribution in [2.45, 2.75) is 24.7 Å². The number of benzene rings is 1. The standard InChI is InChI=1S/C13H18O2S/c1-11-5-7-13(8-6-11)16-10-12(14)4-3-9-15-2/h5-8H,3-4,9-10H2,1-2H3. The van der Waals surface area contributed by atoms with Crippen molar-refractivity contribution < 1.29 is 9.53 Å². The third-order valence-electron chi connectivity index (χ3n) is 2.22. The van der Waals surface area contributed by atoms with Gasteiger partial charge < -0.3 is 4.74 Å². The Labute approximate surface area is 101 Å². The van der Waals surface area contributed by atoms with Gasteiger partial charge >= 0.3 is 0 Å². The van der Waals surface area contributed by atoms with Crippen LogP contribution in [0.25, 0.3) is 0 Å². The number of carbonyl (C=O) groups excluding carboxylic acids is 1. The van der Waals surface area contributed by atoms with Crippen molar-refractivity contribution in [1.29, 1.82) is 0 Å². The molecule has 1 aromatic carbocycles. The first kappa shape index (κ1) is 13.3. The van der Waals surface area contributed by atoms with Gasteiger partial charge in [0, 0.05) is 25.0 Å². The van der Waals surface area contributed by atoms with Gasteiger partial charge in [-0.05, 0) is 25.5 Å². The average molecular weight is 238 g/mol. The van der Waals surface area contributed by atoms with Crippen LogP contribution in [0.3, 0.4) is 0 Å². The number of ketones is 1. The Morgan fingerprint density at radius 1 is 1.31 bits per heavy atom. The van der Waals surface area contributed by atoms with E-state index in [4.69, 9.17) is 4.74 Å². The van der Waals surface area contributed by atoms with Gasteiger partial charge in [-0.15, -0.1) is 11.8 Å². The van der Waals surface area contributed by atoms with E-state index in [0.29, 0.717) is 24.6 Å². The number of hydrogen-bond acceptors (Lipinski definition) is 3. The van der Waals surface area contributed by atoms with Crippen LogP contribution in [-0.2, 0) is 9.53 Å². The lowest BCUT2D eigenvalue weighted by atomic mass is 10.2. The molecule has 1 rings (SSSR count). The van der Waals surface area contributed by atoms with E-state index in [0.717, 1.165) is 11.3 Å². The Hall–Kier alpha value is -0.800. The van der Waals surface area contributed by atoms with E-state index in [2.05, 4.69) is 31.2 Å². The molecule has 0 atom stereocenters. The Balaban J connectivity index is 2.23. The number of rotatable bonds is 7. The van der Waals surface area contributed by atoms with Crippen LogP contribution in [0.5, 0.6) is 0 Å². The quantitative estimate of drug-likeness (QED) is 0.539. The summed E-state index contributed by atoms with van der Waals surface area (Å²) >= 11 is 1.60. The zero-order valence-electron chi connectivity index (χ0n) is 9.86. The molecule has 0 N–H and O–H groups in total. The summed E-state index contributed by atoms with van der Waals surface area (Å²) in [4.78, 5) is 12.6.